The Morgan fingerprint density at radius 1 is 1.13 bits per heavy atom. The first-order valence-electron chi connectivity index (χ1n) is 6.67. The number of hydrogen-bond acceptors (Lipinski definition) is 3. The first kappa shape index (κ1) is 15.2. The molecule has 5 nitrogen and oxygen atoms in total. The maximum atomic E-state index is 13.4. The van der Waals surface area contributed by atoms with Crippen LogP contribution in [0.2, 0.25) is 0 Å². The van der Waals surface area contributed by atoms with Gasteiger partial charge in [-0.1, -0.05) is 17.7 Å². The average molecular weight is 333 g/mol. The highest BCUT2D eigenvalue weighted by Gasteiger charge is 2.23. The first-order valence-corrected chi connectivity index (χ1v) is 8.11. The molecule has 118 valence electrons. The standard InChI is InChI=1S/C16H12FNO4S/c1-10-2-5-12(6-3-10)23(21,22)18-9-14(16(19)20)13-8-11(17)4-7-15(13)18/h2-9H,1H3,(H,19,20). The molecule has 0 aliphatic rings. The second-order valence-electron chi connectivity index (χ2n) is 5.12. The van der Waals surface area contributed by atoms with Crippen molar-refractivity contribution < 1.29 is 22.7 Å². The minimum atomic E-state index is -3.98. The van der Waals surface area contributed by atoms with E-state index in [9.17, 15) is 22.7 Å². The molecule has 0 spiro atoms. The van der Waals surface area contributed by atoms with E-state index >= 15 is 0 Å². The summed E-state index contributed by atoms with van der Waals surface area (Å²) in [7, 11) is -3.98. The Morgan fingerprint density at radius 2 is 1.78 bits per heavy atom. The van der Waals surface area contributed by atoms with E-state index in [0.717, 1.165) is 27.9 Å². The second-order valence-corrected chi connectivity index (χ2v) is 6.94. The van der Waals surface area contributed by atoms with Crippen LogP contribution in [-0.4, -0.2) is 23.5 Å². The van der Waals surface area contributed by atoms with Crippen LogP contribution in [0.1, 0.15) is 15.9 Å². The fourth-order valence-electron chi connectivity index (χ4n) is 2.37. The lowest BCUT2D eigenvalue weighted by atomic mass is 10.2. The lowest BCUT2D eigenvalue weighted by Crippen LogP contribution is -2.12. The Labute approximate surface area is 131 Å². The van der Waals surface area contributed by atoms with E-state index < -0.39 is 21.8 Å². The SMILES string of the molecule is Cc1ccc(S(=O)(=O)n2cc(C(=O)O)c3cc(F)ccc32)cc1. The third-order valence-electron chi connectivity index (χ3n) is 3.54. The predicted octanol–water partition coefficient (Wildman–Crippen LogP) is 3.02. The van der Waals surface area contributed by atoms with Gasteiger partial charge in [0.2, 0.25) is 0 Å². The van der Waals surface area contributed by atoms with E-state index in [4.69, 9.17) is 0 Å². The molecular weight excluding hydrogens is 321 g/mol. The smallest absolute Gasteiger partial charge is 0.337 e. The van der Waals surface area contributed by atoms with Crippen LogP contribution in [-0.2, 0) is 10.0 Å². The molecule has 0 atom stereocenters. The van der Waals surface area contributed by atoms with Gasteiger partial charge in [0.05, 0.1) is 16.0 Å². The van der Waals surface area contributed by atoms with Gasteiger partial charge < -0.3 is 5.11 Å². The maximum absolute atomic E-state index is 13.4. The van der Waals surface area contributed by atoms with Gasteiger partial charge in [-0.05, 0) is 37.3 Å². The topological polar surface area (TPSA) is 76.4 Å². The van der Waals surface area contributed by atoms with Crippen molar-refractivity contribution in [3.8, 4) is 0 Å². The number of benzene rings is 2. The highest BCUT2D eigenvalue weighted by Crippen LogP contribution is 2.27. The zero-order valence-electron chi connectivity index (χ0n) is 12.0. The van der Waals surface area contributed by atoms with Crippen molar-refractivity contribution >= 4 is 26.9 Å². The molecule has 0 unspecified atom stereocenters. The number of carboxylic acids is 1. The third-order valence-corrected chi connectivity index (χ3v) is 5.23. The molecule has 0 amide bonds. The van der Waals surface area contributed by atoms with Crippen LogP contribution in [0.5, 0.6) is 0 Å². The lowest BCUT2D eigenvalue weighted by Gasteiger charge is -2.07. The van der Waals surface area contributed by atoms with E-state index in [2.05, 4.69) is 0 Å². The van der Waals surface area contributed by atoms with Gasteiger partial charge in [0.15, 0.2) is 0 Å². The van der Waals surface area contributed by atoms with Gasteiger partial charge in [-0.15, -0.1) is 0 Å². The van der Waals surface area contributed by atoms with Crippen molar-refractivity contribution in [2.75, 3.05) is 0 Å². The summed E-state index contributed by atoms with van der Waals surface area (Å²) in [6.45, 7) is 1.83. The Hall–Kier alpha value is -2.67. The average Bonchev–Trinajstić information content (AvgIpc) is 2.87. The molecule has 7 heteroatoms. The molecule has 0 aliphatic heterocycles. The van der Waals surface area contributed by atoms with Crippen LogP contribution in [0, 0.1) is 12.7 Å². The van der Waals surface area contributed by atoms with Crippen molar-refractivity contribution in [3.63, 3.8) is 0 Å². The summed E-state index contributed by atoms with van der Waals surface area (Å²) in [4.78, 5) is 11.3. The quantitative estimate of drug-likeness (QED) is 0.799. The van der Waals surface area contributed by atoms with E-state index in [1.807, 2.05) is 6.92 Å². The van der Waals surface area contributed by atoms with Crippen LogP contribution < -0.4 is 0 Å². The second kappa shape index (κ2) is 5.20. The molecular formula is C16H12FNO4S. The summed E-state index contributed by atoms with van der Waals surface area (Å²) in [5, 5.41) is 9.26. The lowest BCUT2D eigenvalue weighted by molar-refractivity contribution is 0.0699. The third kappa shape index (κ3) is 2.49. The molecule has 0 saturated heterocycles. The number of carboxylic acid groups (broad SMARTS) is 1. The van der Waals surface area contributed by atoms with Crippen LogP contribution in [0.3, 0.4) is 0 Å². The minimum absolute atomic E-state index is 0.0289. The largest absolute Gasteiger partial charge is 0.478 e. The molecule has 0 saturated carbocycles. The van der Waals surface area contributed by atoms with Crippen molar-refractivity contribution in [2.24, 2.45) is 0 Å². The number of fused-ring (bicyclic) bond motifs is 1. The highest BCUT2D eigenvalue weighted by molar-refractivity contribution is 7.90. The monoisotopic (exact) mass is 333 g/mol. The summed E-state index contributed by atoms with van der Waals surface area (Å²) in [6.07, 6.45) is 1.00. The molecule has 23 heavy (non-hydrogen) atoms. The van der Waals surface area contributed by atoms with Gasteiger partial charge in [-0.2, -0.15) is 0 Å². The summed E-state index contributed by atoms with van der Waals surface area (Å²) >= 11 is 0. The summed E-state index contributed by atoms with van der Waals surface area (Å²) in [5.74, 6) is -1.95. The predicted molar refractivity (Wildman–Crippen MR) is 82.6 cm³/mol. The number of hydrogen-bond donors (Lipinski definition) is 1. The zero-order chi connectivity index (χ0) is 16.8. The number of halogens is 1. The number of aromatic nitrogens is 1. The van der Waals surface area contributed by atoms with Gasteiger partial charge in [0, 0.05) is 11.6 Å². The van der Waals surface area contributed by atoms with Crippen LogP contribution >= 0.6 is 0 Å². The molecule has 0 radical (unpaired) electrons. The van der Waals surface area contributed by atoms with E-state index in [0.29, 0.717) is 0 Å². The zero-order valence-corrected chi connectivity index (χ0v) is 12.8. The molecule has 3 aromatic rings. The van der Waals surface area contributed by atoms with Crippen LogP contribution in [0.15, 0.2) is 53.6 Å². The Kier molecular flexibility index (Phi) is 3.45. The summed E-state index contributed by atoms with van der Waals surface area (Å²) < 4.78 is 39.8. The Bertz CT molecular complexity index is 1020. The van der Waals surface area contributed by atoms with E-state index in [-0.39, 0.29) is 21.4 Å². The number of nitrogens with zero attached hydrogens (tertiary/aromatic N) is 1. The van der Waals surface area contributed by atoms with Crippen molar-refractivity contribution in [3.05, 3.63) is 65.6 Å². The molecule has 0 fully saturated rings. The van der Waals surface area contributed by atoms with E-state index in [1.165, 1.54) is 18.2 Å². The van der Waals surface area contributed by atoms with Gasteiger partial charge in [-0.25, -0.2) is 21.6 Å². The van der Waals surface area contributed by atoms with Crippen molar-refractivity contribution in [1.29, 1.82) is 0 Å². The summed E-state index contributed by atoms with van der Waals surface area (Å²) in [5.41, 5.74) is 0.745. The molecule has 2 aromatic carbocycles. The fourth-order valence-corrected chi connectivity index (χ4v) is 3.74. The van der Waals surface area contributed by atoms with Gasteiger partial charge in [-0.3, -0.25) is 0 Å². The van der Waals surface area contributed by atoms with Gasteiger partial charge in [0.25, 0.3) is 10.0 Å². The summed E-state index contributed by atoms with van der Waals surface area (Å²) in [6, 6.07) is 9.55. The normalized spacial score (nSPS) is 11.7. The highest BCUT2D eigenvalue weighted by atomic mass is 32.2. The number of carbonyl (C=O) groups is 1. The molecule has 0 bridgehead atoms. The Balaban J connectivity index is 2.31. The first-order chi connectivity index (χ1) is 10.8. The van der Waals surface area contributed by atoms with Crippen LogP contribution in [0.4, 0.5) is 4.39 Å². The molecule has 1 aromatic heterocycles. The molecule has 1 N–H and O–H groups in total. The fraction of sp³-hybridized carbons (Fsp3) is 0.0625. The van der Waals surface area contributed by atoms with Gasteiger partial charge in [0.1, 0.15) is 5.82 Å². The van der Waals surface area contributed by atoms with Crippen LogP contribution in [0.25, 0.3) is 10.9 Å². The molecule has 3 rings (SSSR count). The molecule has 0 aliphatic carbocycles. The maximum Gasteiger partial charge on any atom is 0.337 e. The number of aromatic carboxylic acids is 1. The Morgan fingerprint density at radius 3 is 2.39 bits per heavy atom. The minimum Gasteiger partial charge on any atom is -0.478 e. The number of rotatable bonds is 3. The van der Waals surface area contributed by atoms with Gasteiger partial charge >= 0.3 is 5.97 Å². The molecule has 1 heterocycles. The van der Waals surface area contributed by atoms with E-state index in [1.54, 1.807) is 12.1 Å². The van der Waals surface area contributed by atoms with Crippen molar-refractivity contribution in [2.45, 2.75) is 11.8 Å². The number of aryl methyl sites for hydroxylation is 1. The van der Waals surface area contributed by atoms with Crippen molar-refractivity contribution in [1.82, 2.24) is 3.97 Å².